The Morgan fingerprint density at radius 2 is 2.08 bits per heavy atom. The van der Waals surface area contributed by atoms with Crippen molar-refractivity contribution in [3.63, 3.8) is 0 Å². The molecule has 140 valence electrons. The second-order valence-electron chi connectivity index (χ2n) is 7.00. The number of ether oxygens (including phenoxy) is 1. The molecule has 2 aromatic heterocycles. The number of rotatable bonds is 4. The van der Waals surface area contributed by atoms with Crippen LogP contribution in [0.1, 0.15) is 46.8 Å². The lowest BCUT2D eigenvalue weighted by molar-refractivity contribution is 0.0741. The molecule has 8 heteroatoms. The van der Waals surface area contributed by atoms with Crippen LogP contribution in [0.4, 0.5) is 5.82 Å². The summed E-state index contributed by atoms with van der Waals surface area (Å²) in [6, 6.07) is 1.72. The fourth-order valence-corrected chi connectivity index (χ4v) is 3.65. The summed E-state index contributed by atoms with van der Waals surface area (Å²) in [5.41, 5.74) is 3.48. The van der Waals surface area contributed by atoms with E-state index in [-0.39, 0.29) is 11.7 Å². The predicted molar refractivity (Wildman–Crippen MR) is 95.2 cm³/mol. The molecule has 0 saturated carbocycles. The zero-order valence-electron chi connectivity index (χ0n) is 15.2. The number of hydrogen-bond acceptors (Lipinski definition) is 6. The first-order valence-corrected chi connectivity index (χ1v) is 9.32. The molecule has 1 aliphatic carbocycles. The standard InChI is InChI=1S/C18H25N5O3/c1-22(12-15-13-5-3-2-4-6-14(13)19-20-15)18(24)16-11-17(21-26-16)23-7-9-25-10-8-23/h11H,2-10,12H2,1H3,(H,19,20). The van der Waals surface area contributed by atoms with E-state index in [2.05, 4.69) is 20.3 Å². The molecular formula is C18H25N5O3. The molecule has 26 heavy (non-hydrogen) atoms. The van der Waals surface area contributed by atoms with Crippen LogP contribution in [0.2, 0.25) is 0 Å². The zero-order valence-corrected chi connectivity index (χ0v) is 15.2. The first-order valence-electron chi connectivity index (χ1n) is 9.32. The van der Waals surface area contributed by atoms with E-state index in [1.54, 1.807) is 18.0 Å². The number of carbonyl (C=O) groups is 1. The third-order valence-corrected chi connectivity index (χ3v) is 5.17. The number of aryl methyl sites for hydroxylation is 1. The predicted octanol–water partition coefficient (Wildman–Crippen LogP) is 1.78. The van der Waals surface area contributed by atoms with Gasteiger partial charge in [0.1, 0.15) is 0 Å². The first-order chi connectivity index (χ1) is 12.7. The van der Waals surface area contributed by atoms with Crippen LogP contribution in [0.5, 0.6) is 0 Å². The third kappa shape index (κ3) is 3.46. The molecule has 2 aromatic rings. The van der Waals surface area contributed by atoms with Gasteiger partial charge in [-0.05, 0) is 31.2 Å². The van der Waals surface area contributed by atoms with Crippen LogP contribution in [0.15, 0.2) is 10.6 Å². The summed E-state index contributed by atoms with van der Waals surface area (Å²) in [4.78, 5) is 16.4. The van der Waals surface area contributed by atoms with Crippen molar-refractivity contribution in [3.05, 3.63) is 28.8 Å². The van der Waals surface area contributed by atoms with Gasteiger partial charge in [-0.15, -0.1) is 0 Å². The third-order valence-electron chi connectivity index (χ3n) is 5.17. The second-order valence-corrected chi connectivity index (χ2v) is 7.00. The van der Waals surface area contributed by atoms with Crippen LogP contribution >= 0.6 is 0 Å². The molecule has 8 nitrogen and oxygen atoms in total. The molecule has 3 heterocycles. The Morgan fingerprint density at radius 3 is 2.92 bits per heavy atom. The lowest BCUT2D eigenvalue weighted by atomic mass is 10.1. The molecule has 0 aromatic carbocycles. The van der Waals surface area contributed by atoms with Crippen molar-refractivity contribution < 1.29 is 14.1 Å². The number of hydrogen-bond donors (Lipinski definition) is 1. The van der Waals surface area contributed by atoms with E-state index in [0.717, 1.165) is 31.6 Å². The molecule has 1 aliphatic heterocycles. The number of fused-ring (bicyclic) bond motifs is 1. The highest BCUT2D eigenvalue weighted by atomic mass is 16.5. The summed E-state index contributed by atoms with van der Waals surface area (Å²) >= 11 is 0. The Bertz CT molecular complexity index is 763. The number of amides is 1. The Kier molecular flexibility index (Phi) is 4.92. The zero-order chi connectivity index (χ0) is 17.9. The monoisotopic (exact) mass is 359 g/mol. The molecule has 2 aliphatic rings. The minimum atomic E-state index is -0.178. The van der Waals surface area contributed by atoms with Gasteiger partial charge in [0.25, 0.3) is 5.91 Å². The van der Waals surface area contributed by atoms with E-state index in [0.29, 0.717) is 25.6 Å². The van der Waals surface area contributed by atoms with Crippen molar-refractivity contribution in [1.82, 2.24) is 20.3 Å². The van der Waals surface area contributed by atoms with Crippen molar-refractivity contribution in [2.45, 2.75) is 38.6 Å². The van der Waals surface area contributed by atoms with Crippen molar-refractivity contribution in [3.8, 4) is 0 Å². The van der Waals surface area contributed by atoms with Crippen molar-refractivity contribution in [2.24, 2.45) is 0 Å². The van der Waals surface area contributed by atoms with E-state index in [9.17, 15) is 4.79 Å². The highest BCUT2D eigenvalue weighted by Gasteiger charge is 2.23. The SMILES string of the molecule is CN(Cc1n[nH]c2c1CCCCC2)C(=O)c1cc(N2CCOCC2)no1. The van der Waals surface area contributed by atoms with Crippen LogP contribution in [-0.4, -0.2) is 59.5 Å². The van der Waals surface area contributed by atoms with E-state index in [1.807, 2.05) is 0 Å². The molecule has 1 amide bonds. The normalized spacial score (nSPS) is 17.7. The molecule has 0 spiro atoms. The van der Waals surface area contributed by atoms with Gasteiger partial charge in [0, 0.05) is 31.9 Å². The van der Waals surface area contributed by atoms with Gasteiger partial charge in [0.15, 0.2) is 5.82 Å². The van der Waals surface area contributed by atoms with Gasteiger partial charge in [-0.1, -0.05) is 11.6 Å². The summed E-state index contributed by atoms with van der Waals surface area (Å²) in [6.07, 6.45) is 5.71. The lowest BCUT2D eigenvalue weighted by Gasteiger charge is -2.25. The number of nitrogens with one attached hydrogen (secondary N) is 1. The number of aromatic nitrogens is 3. The molecule has 1 saturated heterocycles. The van der Waals surface area contributed by atoms with E-state index < -0.39 is 0 Å². The number of H-pyrrole nitrogens is 1. The van der Waals surface area contributed by atoms with Crippen LogP contribution in [0, 0.1) is 0 Å². The van der Waals surface area contributed by atoms with E-state index >= 15 is 0 Å². The molecular weight excluding hydrogens is 334 g/mol. The Morgan fingerprint density at radius 1 is 1.27 bits per heavy atom. The molecule has 0 unspecified atom stereocenters. The summed E-state index contributed by atoms with van der Waals surface area (Å²) in [6.45, 7) is 3.32. The first kappa shape index (κ1) is 17.1. The summed E-state index contributed by atoms with van der Waals surface area (Å²) in [7, 11) is 1.77. The second kappa shape index (κ2) is 7.49. The minimum absolute atomic E-state index is 0.178. The highest BCUT2D eigenvalue weighted by Crippen LogP contribution is 2.23. The molecule has 0 atom stereocenters. The number of anilines is 1. The maximum absolute atomic E-state index is 12.7. The fraction of sp³-hybridized carbons (Fsp3) is 0.611. The molecule has 0 radical (unpaired) electrons. The maximum Gasteiger partial charge on any atom is 0.292 e. The highest BCUT2D eigenvalue weighted by molar-refractivity contribution is 5.91. The van der Waals surface area contributed by atoms with Crippen molar-refractivity contribution in [2.75, 3.05) is 38.3 Å². The van der Waals surface area contributed by atoms with E-state index in [1.165, 1.54) is 30.5 Å². The van der Waals surface area contributed by atoms with Crippen molar-refractivity contribution in [1.29, 1.82) is 0 Å². The van der Waals surface area contributed by atoms with Gasteiger partial charge in [-0.3, -0.25) is 9.89 Å². The topological polar surface area (TPSA) is 87.5 Å². The van der Waals surface area contributed by atoms with E-state index in [4.69, 9.17) is 9.26 Å². The quantitative estimate of drug-likeness (QED) is 0.837. The largest absolute Gasteiger partial charge is 0.378 e. The number of carbonyl (C=O) groups excluding carboxylic acids is 1. The van der Waals surface area contributed by atoms with Gasteiger partial charge in [-0.25, -0.2) is 0 Å². The van der Waals surface area contributed by atoms with Crippen LogP contribution < -0.4 is 4.90 Å². The van der Waals surface area contributed by atoms with Crippen LogP contribution in [-0.2, 0) is 24.1 Å². The molecule has 4 rings (SSSR count). The molecule has 1 N–H and O–H groups in total. The van der Waals surface area contributed by atoms with Gasteiger partial charge in [0.2, 0.25) is 5.76 Å². The Balaban J connectivity index is 1.43. The number of aromatic amines is 1. The minimum Gasteiger partial charge on any atom is -0.378 e. The lowest BCUT2D eigenvalue weighted by Crippen LogP contribution is -2.36. The van der Waals surface area contributed by atoms with Crippen molar-refractivity contribution >= 4 is 11.7 Å². The average Bonchev–Trinajstić information content (AvgIpc) is 3.23. The van der Waals surface area contributed by atoms with Gasteiger partial charge < -0.3 is 19.1 Å². The van der Waals surface area contributed by atoms with Crippen LogP contribution in [0.25, 0.3) is 0 Å². The summed E-state index contributed by atoms with van der Waals surface area (Å²) in [5.74, 6) is 0.775. The Hall–Kier alpha value is -2.35. The number of morpholine rings is 1. The molecule has 1 fully saturated rings. The summed E-state index contributed by atoms with van der Waals surface area (Å²) in [5, 5.41) is 11.7. The van der Waals surface area contributed by atoms with Gasteiger partial charge in [0.05, 0.1) is 25.5 Å². The maximum atomic E-state index is 12.7. The van der Waals surface area contributed by atoms with Gasteiger partial charge >= 0.3 is 0 Å². The average molecular weight is 359 g/mol. The summed E-state index contributed by atoms with van der Waals surface area (Å²) < 4.78 is 10.6. The van der Waals surface area contributed by atoms with Gasteiger partial charge in [-0.2, -0.15) is 5.10 Å². The molecule has 0 bridgehead atoms. The Labute approximate surface area is 152 Å². The number of nitrogens with zero attached hydrogens (tertiary/aromatic N) is 4. The smallest absolute Gasteiger partial charge is 0.292 e. The van der Waals surface area contributed by atoms with Crippen LogP contribution in [0.3, 0.4) is 0 Å². The fourth-order valence-electron chi connectivity index (χ4n) is 3.65.